The molecule has 5 heteroatoms. The van der Waals surface area contributed by atoms with Gasteiger partial charge in [-0.05, 0) is 51.5 Å². The molecule has 0 heterocycles. The lowest BCUT2D eigenvalue weighted by Crippen LogP contribution is -2.31. The van der Waals surface area contributed by atoms with Crippen LogP contribution in [-0.4, -0.2) is 36.4 Å². The van der Waals surface area contributed by atoms with Gasteiger partial charge in [0.1, 0.15) is 5.75 Å². The third kappa shape index (κ3) is 6.13. The van der Waals surface area contributed by atoms with Crippen molar-refractivity contribution in [2.24, 2.45) is 0 Å². The Hall–Kier alpha value is -2.82. The lowest BCUT2D eigenvalue weighted by atomic mass is 10.1. The first-order chi connectivity index (χ1) is 13.0. The predicted octanol–water partition coefficient (Wildman–Crippen LogP) is 4.27. The maximum atomic E-state index is 12.6. The first-order valence-electron chi connectivity index (χ1n) is 9.42. The zero-order valence-corrected chi connectivity index (χ0v) is 16.3. The van der Waals surface area contributed by atoms with E-state index < -0.39 is 0 Å². The normalized spacial score (nSPS) is 10.3. The molecule has 0 aromatic heterocycles. The molecular weight excluding hydrogens is 340 g/mol. The number of nitrogens with zero attached hydrogens (tertiary/aromatic N) is 1. The van der Waals surface area contributed by atoms with E-state index in [2.05, 4.69) is 5.32 Å². The van der Waals surface area contributed by atoms with E-state index >= 15 is 0 Å². The number of hydrogen-bond acceptors (Lipinski definition) is 3. The fourth-order valence-electron chi connectivity index (χ4n) is 2.73. The van der Waals surface area contributed by atoms with Crippen molar-refractivity contribution in [2.75, 3.05) is 25.0 Å². The first kappa shape index (κ1) is 20.5. The smallest absolute Gasteiger partial charge is 0.255 e. The lowest BCUT2D eigenvalue weighted by molar-refractivity contribution is -0.116. The topological polar surface area (TPSA) is 58.6 Å². The van der Waals surface area contributed by atoms with Crippen LogP contribution in [0.1, 0.15) is 42.6 Å². The zero-order chi connectivity index (χ0) is 19.6. The van der Waals surface area contributed by atoms with Gasteiger partial charge in [0.05, 0.1) is 17.9 Å². The fourth-order valence-corrected chi connectivity index (χ4v) is 2.73. The molecule has 0 saturated heterocycles. The first-order valence-corrected chi connectivity index (χ1v) is 9.42. The number of hydrogen-bond donors (Lipinski definition) is 1. The Labute approximate surface area is 161 Å². The number of para-hydroxylation sites is 1. The average Bonchev–Trinajstić information content (AvgIpc) is 2.68. The molecule has 0 saturated carbocycles. The number of amides is 2. The molecule has 0 fully saturated rings. The van der Waals surface area contributed by atoms with Crippen LogP contribution in [-0.2, 0) is 4.79 Å². The van der Waals surface area contributed by atoms with Gasteiger partial charge in [0.25, 0.3) is 5.91 Å². The van der Waals surface area contributed by atoms with Crippen molar-refractivity contribution in [3.63, 3.8) is 0 Å². The number of rotatable bonds is 9. The number of benzene rings is 2. The van der Waals surface area contributed by atoms with Crippen LogP contribution < -0.4 is 10.1 Å². The van der Waals surface area contributed by atoms with Crippen molar-refractivity contribution in [3.8, 4) is 5.75 Å². The quantitative estimate of drug-likeness (QED) is 0.672. The van der Waals surface area contributed by atoms with Crippen molar-refractivity contribution in [1.29, 1.82) is 0 Å². The third-order valence-electron chi connectivity index (χ3n) is 4.32. The van der Waals surface area contributed by atoms with E-state index in [9.17, 15) is 9.59 Å². The minimum absolute atomic E-state index is 0.0707. The number of carbonyl (C=O) groups is 2. The summed E-state index contributed by atoms with van der Waals surface area (Å²) in [6.07, 6.45) is 0.936. The summed E-state index contributed by atoms with van der Waals surface area (Å²) in [4.78, 5) is 26.6. The Morgan fingerprint density at radius 3 is 2.33 bits per heavy atom. The molecule has 2 aromatic rings. The second kappa shape index (κ2) is 10.4. The van der Waals surface area contributed by atoms with Crippen LogP contribution in [0.15, 0.2) is 48.5 Å². The van der Waals surface area contributed by atoms with Gasteiger partial charge in [0, 0.05) is 19.5 Å². The van der Waals surface area contributed by atoms with Gasteiger partial charge in [-0.2, -0.15) is 0 Å². The molecule has 27 heavy (non-hydrogen) atoms. The van der Waals surface area contributed by atoms with Crippen LogP contribution >= 0.6 is 0 Å². The van der Waals surface area contributed by atoms with Crippen molar-refractivity contribution in [1.82, 2.24) is 4.90 Å². The van der Waals surface area contributed by atoms with Crippen LogP contribution in [0.2, 0.25) is 0 Å². The van der Waals surface area contributed by atoms with Gasteiger partial charge >= 0.3 is 0 Å². The van der Waals surface area contributed by atoms with E-state index in [1.165, 1.54) is 5.56 Å². The summed E-state index contributed by atoms with van der Waals surface area (Å²) < 4.78 is 5.64. The zero-order valence-electron chi connectivity index (χ0n) is 16.3. The van der Waals surface area contributed by atoms with Gasteiger partial charge < -0.3 is 15.0 Å². The van der Waals surface area contributed by atoms with Crippen molar-refractivity contribution >= 4 is 17.5 Å². The maximum Gasteiger partial charge on any atom is 0.255 e. The molecule has 0 radical (unpaired) electrons. The third-order valence-corrected chi connectivity index (χ3v) is 4.32. The van der Waals surface area contributed by atoms with Crippen LogP contribution in [0.5, 0.6) is 5.75 Å². The standard InChI is InChI=1S/C22H28N2O3/c1-4-24(5-2)22(26)19-9-6-7-10-20(19)23-21(25)11-8-16-27-18-14-12-17(3)13-15-18/h6-7,9-10,12-15H,4-5,8,11,16H2,1-3H3,(H,23,25). The molecule has 144 valence electrons. The van der Waals surface area contributed by atoms with Crippen molar-refractivity contribution in [2.45, 2.75) is 33.6 Å². The summed E-state index contributed by atoms with van der Waals surface area (Å²) in [6, 6.07) is 15.0. The molecular formula is C22H28N2O3. The number of aryl methyl sites for hydroxylation is 1. The Morgan fingerprint density at radius 2 is 1.67 bits per heavy atom. The molecule has 0 bridgehead atoms. The van der Waals surface area contributed by atoms with Gasteiger partial charge in [-0.15, -0.1) is 0 Å². The summed E-state index contributed by atoms with van der Waals surface area (Å²) >= 11 is 0. The predicted molar refractivity (Wildman–Crippen MR) is 108 cm³/mol. The summed E-state index contributed by atoms with van der Waals surface area (Å²) in [5.41, 5.74) is 2.25. The van der Waals surface area contributed by atoms with E-state index in [-0.39, 0.29) is 11.8 Å². The maximum absolute atomic E-state index is 12.6. The summed E-state index contributed by atoms with van der Waals surface area (Å²) in [7, 11) is 0. The minimum atomic E-state index is -0.123. The fraction of sp³-hybridized carbons (Fsp3) is 0.364. The van der Waals surface area contributed by atoms with Crippen molar-refractivity contribution < 1.29 is 14.3 Å². The van der Waals surface area contributed by atoms with Gasteiger partial charge in [0.15, 0.2) is 0 Å². The van der Waals surface area contributed by atoms with E-state index in [0.29, 0.717) is 43.8 Å². The molecule has 2 aromatic carbocycles. The Bertz CT molecular complexity index is 752. The summed E-state index contributed by atoms with van der Waals surface area (Å²) in [5.74, 6) is 0.608. The molecule has 0 spiro atoms. The SMILES string of the molecule is CCN(CC)C(=O)c1ccccc1NC(=O)CCCOc1ccc(C)cc1. The van der Waals surface area contributed by atoms with E-state index in [4.69, 9.17) is 4.74 Å². The molecule has 0 aliphatic rings. The molecule has 2 amide bonds. The van der Waals surface area contributed by atoms with Gasteiger partial charge in [-0.3, -0.25) is 9.59 Å². The van der Waals surface area contributed by atoms with Gasteiger partial charge in [-0.25, -0.2) is 0 Å². The van der Waals surface area contributed by atoms with Crippen LogP contribution in [0.25, 0.3) is 0 Å². The summed E-state index contributed by atoms with van der Waals surface area (Å²) in [5, 5.41) is 2.86. The largest absolute Gasteiger partial charge is 0.494 e. The van der Waals surface area contributed by atoms with Crippen LogP contribution in [0, 0.1) is 6.92 Å². The van der Waals surface area contributed by atoms with Crippen molar-refractivity contribution in [3.05, 3.63) is 59.7 Å². The molecule has 2 rings (SSSR count). The number of anilines is 1. The van der Waals surface area contributed by atoms with E-state index in [0.717, 1.165) is 5.75 Å². The van der Waals surface area contributed by atoms with Gasteiger partial charge in [-0.1, -0.05) is 29.8 Å². The number of nitrogens with one attached hydrogen (secondary N) is 1. The summed E-state index contributed by atoms with van der Waals surface area (Å²) in [6.45, 7) is 7.64. The molecule has 5 nitrogen and oxygen atoms in total. The second-order valence-electron chi connectivity index (χ2n) is 6.34. The Morgan fingerprint density at radius 1 is 1.00 bits per heavy atom. The van der Waals surface area contributed by atoms with Gasteiger partial charge in [0.2, 0.25) is 5.91 Å². The molecule has 0 aliphatic heterocycles. The van der Waals surface area contributed by atoms with Crippen LogP contribution in [0.4, 0.5) is 5.69 Å². The molecule has 0 atom stereocenters. The highest BCUT2D eigenvalue weighted by molar-refractivity contribution is 6.03. The number of ether oxygens (including phenoxy) is 1. The molecule has 0 aliphatic carbocycles. The Kier molecular flexibility index (Phi) is 7.86. The molecule has 1 N–H and O–H groups in total. The monoisotopic (exact) mass is 368 g/mol. The highest BCUT2D eigenvalue weighted by Crippen LogP contribution is 2.18. The van der Waals surface area contributed by atoms with E-state index in [1.54, 1.807) is 17.0 Å². The minimum Gasteiger partial charge on any atom is -0.494 e. The number of carbonyl (C=O) groups excluding carboxylic acids is 2. The highest BCUT2D eigenvalue weighted by Gasteiger charge is 2.17. The lowest BCUT2D eigenvalue weighted by Gasteiger charge is -2.20. The Balaban J connectivity index is 1.86. The molecule has 0 unspecified atom stereocenters. The van der Waals surface area contributed by atoms with Crippen LogP contribution in [0.3, 0.4) is 0 Å². The highest BCUT2D eigenvalue weighted by atomic mass is 16.5. The van der Waals surface area contributed by atoms with E-state index in [1.807, 2.05) is 57.2 Å². The second-order valence-corrected chi connectivity index (χ2v) is 6.34. The average molecular weight is 368 g/mol.